The molecule has 1 aliphatic heterocycles. The highest BCUT2D eigenvalue weighted by molar-refractivity contribution is 5.87. The Labute approximate surface area is 102 Å². The number of rotatable bonds is 2. The number of carbonyl (C=O) groups excluding carboxylic acids is 2. The van der Waals surface area contributed by atoms with Crippen molar-refractivity contribution in [1.29, 1.82) is 0 Å². The van der Waals surface area contributed by atoms with Crippen LogP contribution in [-0.4, -0.2) is 41.0 Å². The van der Waals surface area contributed by atoms with Gasteiger partial charge in [-0.25, -0.2) is 4.79 Å². The van der Waals surface area contributed by atoms with E-state index in [2.05, 4.69) is 0 Å². The Morgan fingerprint density at radius 2 is 2.00 bits per heavy atom. The van der Waals surface area contributed by atoms with Gasteiger partial charge in [-0.15, -0.1) is 0 Å². The summed E-state index contributed by atoms with van der Waals surface area (Å²) >= 11 is 0. The molecule has 0 bridgehead atoms. The number of esters is 1. The third kappa shape index (κ3) is 3.70. The predicted molar refractivity (Wildman–Crippen MR) is 64.2 cm³/mol. The number of amides is 1. The second-order valence-corrected chi connectivity index (χ2v) is 5.51. The van der Waals surface area contributed by atoms with Crippen LogP contribution in [0.1, 0.15) is 40.5 Å². The lowest BCUT2D eigenvalue weighted by Gasteiger charge is -2.28. The van der Waals surface area contributed by atoms with Crippen LogP contribution in [0.2, 0.25) is 0 Å². The van der Waals surface area contributed by atoms with E-state index in [1.807, 2.05) is 20.8 Å². The number of carbonyl (C=O) groups is 2. The first-order valence-electron chi connectivity index (χ1n) is 6.01. The number of hydrogen-bond donors (Lipinski definition) is 1. The molecule has 0 saturated carbocycles. The first kappa shape index (κ1) is 14.0. The van der Waals surface area contributed by atoms with E-state index in [-0.39, 0.29) is 11.9 Å². The Balaban J connectivity index is 2.70. The molecule has 5 nitrogen and oxygen atoms in total. The summed E-state index contributed by atoms with van der Waals surface area (Å²) in [4.78, 5) is 25.3. The monoisotopic (exact) mass is 242 g/mol. The summed E-state index contributed by atoms with van der Waals surface area (Å²) in [6.07, 6.45) is 1.48. The first-order valence-corrected chi connectivity index (χ1v) is 6.01. The molecule has 0 aromatic heterocycles. The minimum absolute atomic E-state index is 0.182. The van der Waals surface area contributed by atoms with E-state index in [0.717, 1.165) is 6.42 Å². The zero-order valence-corrected chi connectivity index (χ0v) is 11.0. The molecule has 1 fully saturated rings. The SMILES string of the molecule is CC(N)C(=O)N1CCCC1C(=O)OC(C)(C)C. The van der Waals surface area contributed by atoms with E-state index in [1.54, 1.807) is 11.8 Å². The van der Waals surface area contributed by atoms with Gasteiger partial charge in [-0.05, 0) is 40.5 Å². The molecular formula is C12H22N2O3. The Kier molecular flexibility index (Phi) is 4.14. The fourth-order valence-electron chi connectivity index (χ4n) is 1.91. The average Bonchev–Trinajstić information content (AvgIpc) is 2.61. The van der Waals surface area contributed by atoms with Crippen molar-refractivity contribution in [2.24, 2.45) is 5.73 Å². The molecular weight excluding hydrogens is 220 g/mol. The van der Waals surface area contributed by atoms with Gasteiger partial charge in [0.1, 0.15) is 11.6 Å². The van der Waals surface area contributed by atoms with Crippen LogP contribution in [0.5, 0.6) is 0 Å². The van der Waals surface area contributed by atoms with Crippen LogP contribution in [0, 0.1) is 0 Å². The molecule has 0 spiro atoms. The molecule has 1 rings (SSSR count). The maximum atomic E-state index is 11.9. The number of nitrogens with two attached hydrogens (primary N) is 1. The molecule has 2 N–H and O–H groups in total. The molecule has 98 valence electrons. The molecule has 1 heterocycles. The third-order valence-electron chi connectivity index (χ3n) is 2.60. The number of ether oxygens (including phenoxy) is 1. The third-order valence-corrected chi connectivity index (χ3v) is 2.60. The van der Waals surface area contributed by atoms with Crippen molar-refractivity contribution in [3.63, 3.8) is 0 Å². The molecule has 5 heteroatoms. The van der Waals surface area contributed by atoms with Gasteiger partial charge in [0.05, 0.1) is 6.04 Å². The number of likely N-dealkylation sites (tertiary alicyclic amines) is 1. The fourth-order valence-corrected chi connectivity index (χ4v) is 1.91. The summed E-state index contributed by atoms with van der Waals surface area (Å²) in [5.41, 5.74) is 5.04. The quantitative estimate of drug-likeness (QED) is 0.722. The Morgan fingerprint density at radius 1 is 1.41 bits per heavy atom. The highest BCUT2D eigenvalue weighted by Crippen LogP contribution is 2.21. The van der Waals surface area contributed by atoms with Crippen LogP contribution in [0.25, 0.3) is 0 Å². The van der Waals surface area contributed by atoms with E-state index < -0.39 is 17.7 Å². The van der Waals surface area contributed by atoms with Gasteiger partial charge in [0, 0.05) is 6.54 Å². The second-order valence-electron chi connectivity index (χ2n) is 5.51. The Morgan fingerprint density at radius 3 is 2.47 bits per heavy atom. The van der Waals surface area contributed by atoms with Gasteiger partial charge in [0.15, 0.2) is 0 Å². The van der Waals surface area contributed by atoms with Crippen LogP contribution in [0.4, 0.5) is 0 Å². The van der Waals surface area contributed by atoms with Gasteiger partial charge in [0.25, 0.3) is 0 Å². The van der Waals surface area contributed by atoms with E-state index in [4.69, 9.17) is 10.5 Å². The highest BCUT2D eigenvalue weighted by atomic mass is 16.6. The summed E-state index contributed by atoms with van der Waals surface area (Å²) in [5, 5.41) is 0. The summed E-state index contributed by atoms with van der Waals surface area (Å²) in [5.74, 6) is -0.512. The van der Waals surface area contributed by atoms with E-state index >= 15 is 0 Å². The largest absolute Gasteiger partial charge is 0.458 e. The van der Waals surface area contributed by atoms with Gasteiger partial charge in [0.2, 0.25) is 5.91 Å². The van der Waals surface area contributed by atoms with E-state index in [9.17, 15) is 9.59 Å². The van der Waals surface area contributed by atoms with E-state index in [1.165, 1.54) is 0 Å². The first-order chi connectivity index (χ1) is 7.72. The number of hydrogen-bond acceptors (Lipinski definition) is 4. The van der Waals surface area contributed by atoms with Crippen molar-refractivity contribution in [2.45, 2.75) is 58.2 Å². The average molecular weight is 242 g/mol. The molecule has 17 heavy (non-hydrogen) atoms. The van der Waals surface area contributed by atoms with Crippen molar-refractivity contribution in [3.8, 4) is 0 Å². The molecule has 0 aromatic carbocycles. The molecule has 2 atom stereocenters. The maximum Gasteiger partial charge on any atom is 0.329 e. The summed E-state index contributed by atoms with van der Waals surface area (Å²) < 4.78 is 5.31. The fraction of sp³-hybridized carbons (Fsp3) is 0.833. The standard InChI is InChI=1S/C12H22N2O3/c1-8(13)10(15)14-7-5-6-9(14)11(16)17-12(2,3)4/h8-9H,5-7,13H2,1-4H3. The lowest BCUT2D eigenvalue weighted by molar-refractivity contribution is -0.163. The second kappa shape index (κ2) is 5.04. The van der Waals surface area contributed by atoms with Crippen molar-refractivity contribution >= 4 is 11.9 Å². The molecule has 0 radical (unpaired) electrons. The minimum Gasteiger partial charge on any atom is -0.458 e. The van der Waals surface area contributed by atoms with Crippen molar-refractivity contribution in [2.75, 3.05) is 6.54 Å². The minimum atomic E-state index is -0.571. The summed E-state index contributed by atoms with van der Waals surface area (Å²) in [7, 11) is 0. The zero-order chi connectivity index (χ0) is 13.2. The van der Waals surface area contributed by atoms with Crippen LogP contribution in [-0.2, 0) is 14.3 Å². The van der Waals surface area contributed by atoms with Gasteiger partial charge in [-0.3, -0.25) is 4.79 Å². The van der Waals surface area contributed by atoms with Crippen molar-refractivity contribution in [3.05, 3.63) is 0 Å². The zero-order valence-electron chi connectivity index (χ0n) is 11.0. The highest BCUT2D eigenvalue weighted by Gasteiger charge is 2.37. The molecule has 2 unspecified atom stereocenters. The predicted octanol–water partition coefficient (Wildman–Crippen LogP) is 0.666. The topological polar surface area (TPSA) is 72.6 Å². The molecule has 1 amide bonds. The van der Waals surface area contributed by atoms with Gasteiger partial charge < -0.3 is 15.4 Å². The van der Waals surface area contributed by atoms with Gasteiger partial charge >= 0.3 is 5.97 Å². The Hall–Kier alpha value is -1.10. The lowest BCUT2D eigenvalue weighted by atomic mass is 10.1. The molecule has 1 aliphatic rings. The van der Waals surface area contributed by atoms with Crippen LogP contribution in [0.15, 0.2) is 0 Å². The normalized spacial score (nSPS) is 22.4. The molecule has 1 saturated heterocycles. The smallest absolute Gasteiger partial charge is 0.329 e. The molecule has 0 aliphatic carbocycles. The summed E-state index contributed by atoms with van der Waals surface area (Å²) in [6, 6.07) is -1.04. The van der Waals surface area contributed by atoms with Gasteiger partial charge in [-0.1, -0.05) is 0 Å². The van der Waals surface area contributed by atoms with Gasteiger partial charge in [-0.2, -0.15) is 0 Å². The lowest BCUT2D eigenvalue weighted by Crippen LogP contribution is -2.48. The summed E-state index contributed by atoms with van der Waals surface area (Å²) in [6.45, 7) is 7.67. The van der Waals surface area contributed by atoms with E-state index in [0.29, 0.717) is 13.0 Å². The maximum absolute atomic E-state index is 11.9. The number of nitrogens with zero attached hydrogens (tertiary/aromatic N) is 1. The Bertz CT molecular complexity index is 307. The van der Waals surface area contributed by atoms with Crippen molar-refractivity contribution < 1.29 is 14.3 Å². The van der Waals surface area contributed by atoms with Crippen LogP contribution >= 0.6 is 0 Å². The molecule has 0 aromatic rings. The van der Waals surface area contributed by atoms with Crippen LogP contribution < -0.4 is 5.73 Å². The van der Waals surface area contributed by atoms with Crippen molar-refractivity contribution in [1.82, 2.24) is 4.90 Å². The van der Waals surface area contributed by atoms with Crippen LogP contribution in [0.3, 0.4) is 0 Å².